The molecule has 2 fully saturated rings. The van der Waals surface area contributed by atoms with Crippen LogP contribution < -0.4 is 5.32 Å². The molecule has 2 aliphatic rings. The molecule has 1 aliphatic carbocycles. The molecule has 28 heavy (non-hydrogen) atoms. The van der Waals surface area contributed by atoms with Crippen LogP contribution in [0.1, 0.15) is 37.9 Å². The average molecular weight is 388 g/mol. The van der Waals surface area contributed by atoms with Crippen molar-refractivity contribution >= 4 is 17.7 Å². The number of amides is 2. The second-order valence-corrected chi connectivity index (χ2v) is 7.63. The zero-order valence-electron chi connectivity index (χ0n) is 15.4. The highest BCUT2D eigenvalue weighted by Crippen LogP contribution is 2.39. The van der Waals surface area contributed by atoms with Gasteiger partial charge in [0.2, 0.25) is 0 Å². The summed E-state index contributed by atoms with van der Waals surface area (Å²) >= 11 is 0. The summed E-state index contributed by atoms with van der Waals surface area (Å²) in [7, 11) is 0. The van der Waals surface area contributed by atoms with Gasteiger partial charge in [0.05, 0.1) is 17.2 Å². The second kappa shape index (κ2) is 7.21. The van der Waals surface area contributed by atoms with E-state index in [9.17, 15) is 19.1 Å². The predicted octanol–water partition coefficient (Wildman–Crippen LogP) is 3.33. The van der Waals surface area contributed by atoms with Gasteiger partial charge < -0.3 is 19.8 Å². The minimum absolute atomic E-state index is 0.0744. The van der Waals surface area contributed by atoms with Gasteiger partial charge in [-0.05, 0) is 43.4 Å². The van der Waals surface area contributed by atoms with Gasteiger partial charge in [-0.2, -0.15) is 4.98 Å². The molecule has 148 valence electrons. The maximum atomic E-state index is 13.8. The molecule has 9 heteroatoms. The van der Waals surface area contributed by atoms with Crippen LogP contribution in [0.4, 0.5) is 14.9 Å². The number of rotatable bonds is 4. The van der Waals surface area contributed by atoms with Gasteiger partial charge in [-0.15, -0.1) is 0 Å². The number of likely N-dealkylation sites (tertiary alicyclic amines) is 1. The standard InChI is InChI=1S/C19H21FN4O4/c1-10-6-12(18(25)26)9-24(8-10)19(27)21-15-5-4-13(20)7-14(15)17-22-16(23-28-17)11-2-3-11/h4-5,7,10-12H,2-3,6,8-9H2,1H3,(H,21,27)(H,25,26). The molecule has 1 saturated heterocycles. The van der Waals surface area contributed by atoms with Crippen LogP contribution in [0.3, 0.4) is 0 Å². The van der Waals surface area contributed by atoms with Crippen molar-refractivity contribution in [1.82, 2.24) is 15.0 Å². The van der Waals surface area contributed by atoms with Gasteiger partial charge in [0.15, 0.2) is 5.82 Å². The van der Waals surface area contributed by atoms with E-state index in [-0.39, 0.29) is 24.3 Å². The number of hydrogen-bond acceptors (Lipinski definition) is 5. The quantitative estimate of drug-likeness (QED) is 0.832. The summed E-state index contributed by atoms with van der Waals surface area (Å²) in [5, 5.41) is 16.0. The fourth-order valence-electron chi connectivity index (χ4n) is 3.54. The van der Waals surface area contributed by atoms with Crippen LogP contribution in [0.5, 0.6) is 0 Å². The third-order valence-electron chi connectivity index (χ3n) is 5.13. The first-order chi connectivity index (χ1) is 13.4. The van der Waals surface area contributed by atoms with Crippen molar-refractivity contribution in [2.45, 2.75) is 32.1 Å². The lowest BCUT2D eigenvalue weighted by molar-refractivity contribution is -0.143. The van der Waals surface area contributed by atoms with Gasteiger partial charge >= 0.3 is 12.0 Å². The van der Waals surface area contributed by atoms with E-state index in [0.717, 1.165) is 12.8 Å². The molecule has 2 atom stereocenters. The SMILES string of the molecule is CC1CC(C(=O)O)CN(C(=O)Nc2ccc(F)cc2-c2nc(C3CC3)no2)C1. The van der Waals surface area contributed by atoms with E-state index in [4.69, 9.17) is 4.52 Å². The Balaban J connectivity index is 1.55. The average Bonchev–Trinajstić information content (AvgIpc) is 3.39. The highest BCUT2D eigenvalue weighted by Gasteiger charge is 2.33. The number of halogens is 1. The van der Waals surface area contributed by atoms with E-state index in [0.29, 0.717) is 30.0 Å². The first-order valence-electron chi connectivity index (χ1n) is 9.33. The van der Waals surface area contributed by atoms with Crippen LogP contribution in [0, 0.1) is 17.7 Å². The number of piperidine rings is 1. The molecule has 1 aromatic carbocycles. The van der Waals surface area contributed by atoms with Crippen molar-refractivity contribution in [3.05, 3.63) is 29.8 Å². The van der Waals surface area contributed by atoms with E-state index in [2.05, 4.69) is 15.5 Å². The largest absolute Gasteiger partial charge is 0.481 e. The smallest absolute Gasteiger partial charge is 0.321 e. The molecule has 2 aromatic rings. The minimum atomic E-state index is -0.912. The molecule has 2 N–H and O–H groups in total. The maximum absolute atomic E-state index is 13.8. The van der Waals surface area contributed by atoms with Crippen molar-refractivity contribution in [3.8, 4) is 11.5 Å². The highest BCUT2D eigenvalue weighted by atomic mass is 19.1. The Hall–Kier alpha value is -2.97. The van der Waals surface area contributed by atoms with Crippen LogP contribution in [0.15, 0.2) is 22.7 Å². The predicted molar refractivity (Wildman–Crippen MR) is 97.2 cm³/mol. The monoisotopic (exact) mass is 388 g/mol. The fraction of sp³-hybridized carbons (Fsp3) is 0.474. The number of anilines is 1. The lowest BCUT2D eigenvalue weighted by Crippen LogP contribution is -2.47. The summed E-state index contributed by atoms with van der Waals surface area (Å²) in [5.74, 6) is -0.906. The Bertz CT molecular complexity index is 911. The van der Waals surface area contributed by atoms with Gasteiger partial charge in [0.1, 0.15) is 5.82 Å². The molecule has 0 spiro atoms. The molecule has 1 saturated carbocycles. The molecule has 2 unspecified atom stereocenters. The number of carbonyl (C=O) groups excluding carboxylic acids is 1. The summed E-state index contributed by atoms with van der Waals surface area (Å²) in [6.45, 7) is 2.50. The molecule has 4 rings (SSSR count). The highest BCUT2D eigenvalue weighted by molar-refractivity contribution is 5.93. The zero-order valence-corrected chi connectivity index (χ0v) is 15.4. The van der Waals surface area contributed by atoms with Crippen molar-refractivity contribution in [1.29, 1.82) is 0 Å². The molecule has 0 bridgehead atoms. The van der Waals surface area contributed by atoms with Crippen LogP contribution in [-0.4, -0.2) is 45.2 Å². The summed E-state index contributed by atoms with van der Waals surface area (Å²) in [5.41, 5.74) is 0.634. The van der Waals surface area contributed by atoms with Gasteiger partial charge in [-0.3, -0.25) is 4.79 Å². The Morgan fingerprint density at radius 2 is 2.11 bits per heavy atom. The summed E-state index contributed by atoms with van der Waals surface area (Å²) in [6.07, 6.45) is 2.54. The number of carboxylic acids is 1. The normalized spacial score (nSPS) is 22.1. The number of aromatic nitrogens is 2. The van der Waals surface area contributed by atoms with Gasteiger partial charge in [-0.1, -0.05) is 12.1 Å². The van der Waals surface area contributed by atoms with E-state index < -0.39 is 23.7 Å². The first kappa shape index (κ1) is 18.4. The molecule has 2 heterocycles. The number of aliphatic carboxylic acids is 1. The number of benzene rings is 1. The number of nitrogens with zero attached hydrogens (tertiary/aromatic N) is 3. The van der Waals surface area contributed by atoms with Crippen molar-refractivity contribution in [3.63, 3.8) is 0 Å². The van der Waals surface area contributed by atoms with Gasteiger partial charge in [0.25, 0.3) is 5.89 Å². The number of hydrogen-bond donors (Lipinski definition) is 2. The summed E-state index contributed by atoms with van der Waals surface area (Å²) in [6, 6.07) is 3.47. The van der Waals surface area contributed by atoms with E-state index in [1.165, 1.54) is 23.1 Å². The lowest BCUT2D eigenvalue weighted by Gasteiger charge is -2.34. The van der Waals surface area contributed by atoms with E-state index >= 15 is 0 Å². The van der Waals surface area contributed by atoms with E-state index in [1.807, 2.05) is 6.92 Å². The Morgan fingerprint density at radius 1 is 1.32 bits per heavy atom. The molecule has 1 aliphatic heterocycles. The summed E-state index contributed by atoms with van der Waals surface area (Å²) < 4.78 is 19.1. The second-order valence-electron chi connectivity index (χ2n) is 7.63. The van der Waals surface area contributed by atoms with Crippen molar-refractivity contribution in [2.75, 3.05) is 18.4 Å². The third-order valence-corrected chi connectivity index (χ3v) is 5.13. The molecule has 2 amide bonds. The number of carboxylic acid groups (broad SMARTS) is 1. The topological polar surface area (TPSA) is 109 Å². The maximum Gasteiger partial charge on any atom is 0.321 e. The first-order valence-corrected chi connectivity index (χ1v) is 9.33. The molecular formula is C19H21FN4O4. The van der Waals surface area contributed by atoms with Crippen LogP contribution >= 0.6 is 0 Å². The minimum Gasteiger partial charge on any atom is -0.481 e. The van der Waals surface area contributed by atoms with Crippen LogP contribution in [0.25, 0.3) is 11.5 Å². The Kier molecular flexibility index (Phi) is 4.74. The molecule has 0 radical (unpaired) electrons. The molecule has 1 aromatic heterocycles. The zero-order chi connectivity index (χ0) is 19.8. The van der Waals surface area contributed by atoms with E-state index in [1.54, 1.807) is 0 Å². The summed E-state index contributed by atoms with van der Waals surface area (Å²) in [4.78, 5) is 29.9. The van der Waals surface area contributed by atoms with Crippen molar-refractivity contribution in [2.24, 2.45) is 11.8 Å². The van der Waals surface area contributed by atoms with Gasteiger partial charge in [-0.25, -0.2) is 9.18 Å². The van der Waals surface area contributed by atoms with Gasteiger partial charge in [0, 0.05) is 19.0 Å². The Labute approximate surface area is 160 Å². The van der Waals surface area contributed by atoms with Crippen molar-refractivity contribution < 1.29 is 23.6 Å². The van der Waals surface area contributed by atoms with Crippen LogP contribution in [-0.2, 0) is 4.79 Å². The number of nitrogens with one attached hydrogen (secondary N) is 1. The lowest BCUT2D eigenvalue weighted by atomic mass is 9.91. The molecule has 8 nitrogen and oxygen atoms in total. The number of urea groups is 1. The fourth-order valence-corrected chi connectivity index (χ4v) is 3.54. The molecular weight excluding hydrogens is 367 g/mol. The number of carbonyl (C=O) groups is 2. The Morgan fingerprint density at radius 3 is 2.82 bits per heavy atom. The third kappa shape index (κ3) is 3.83. The van der Waals surface area contributed by atoms with Crippen LogP contribution in [0.2, 0.25) is 0 Å².